The number of hydrogen-bond donors (Lipinski definition) is 1. The maximum absolute atomic E-state index is 5.67. The normalized spacial score (nSPS) is 15.3. The summed E-state index contributed by atoms with van der Waals surface area (Å²) in [5, 5.41) is 3.84. The molecule has 0 bridgehead atoms. The van der Waals surface area contributed by atoms with Gasteiger partial charge in [0.2, 0.25) is 0 Å². The van der Waals surface area contributed by atoms with Crippen LogP contribution in [-0.4, -0.2) is 30.1 Å². The van der Waals surface area contributed by atoms with Gasteiger partial charge in [-0.2, -0.15) is 0 Å². The summed E-state index contributed by atoms with van der Waals surface area (Å²) >= 11 is -1.94. The van der Waals surface area contributed by atoms with Crippen LogP contribution in [-0.2, 0) is 0 Å². The van der Waals surface area contributed by atoms with E-state index in [1.807, 2.05) is 6.20 Å². The minimum absolute atomic E-state index is 0.566. The fourth-order valence-corrected chi connectivity index (χ4v) is 4.92. The Hall–Kier alpha value is -0.551. The zero-order chi connectivity index (χ0) is 11.1. The molecular formula is C11H17N3Sn. The Morgan fingerprint density at radius 1 is 1.33 bits per heavy atom. The van der Waals surface area contributed by atoms with Crippen LogP contribution in [0.25, 0.3) is 6.20 Å². The van der Waals surface area contributed by atoms with Gasteiger partial charge in [0.1, 0.15) is 0 Å². The first-order chi connectivity index (χ1) is 6.97. The number of hydrazine groups is 1. The molecule has 2 rings (SSSR count). The minimum atomic E-state index is -1.94. The molecular weight excluding hydrogens is 293 g/mol. The van der Waals surface area contributed by atoms with Crippen LogP contribution in [0.4, 0.5) is 0 Å². The van der Waals surface area contributed by atoms with Gasteiger partial charge in [-0.3, -0.25) is 0 Å². The van der Waals surface area contributed by atoms with E-state index in [0.717, 1.165) is 10.6 Å². The molecule has 1 aromatic rings. The molecule has 4 heteroatoms. The Bertz CT molecular complexity index is 488. The summed E-state index contributed by atoms with van der Waals surface area (Å²) in [6.07, 6.45) is 1.95. The van der Waals surface area contributed by atoms with Crippen molar-refractivity contribution in [1.82, 2.24) is 5.01 Å². The number of hydrogen-bond acceptors (Lipinski definition) is 3. The van der Waals surface area contributed by atoms with Crippen molar-refractivity contribution in [2.45, 2.75) is 14.8 Å². The third-order valence-electron chi connectivity index (χ3n) is 2.61. The Morgan fingerprint density at radius 3 is 2.73 bits per heavy atom. The summed E-state index contributed by atoms with van der Waals surface area (Å²) in [6.45, 7) is 0.566. The van der Waals surface area contributed by atoms with Crippen LogP contribution in [0.2, 0.25) is 14.8 Å². The van der Waals surface area contributed by atoms with Gasteiger partial charge in [-0.25, -0.2) is 0 Å². The first-order valence-corrected chi connectivity index (χ1v) is 15.1. The maximum atomic E-state index is 5.67. The Balaban J connectivity index is 2.59. The average Bonchev–Trinajstić information content (AvgIpc) is 2.15. The van der Waals surface area contributed by atoms with E-state index in [1.54, 1.807) is 5.01 Å². The molecule has 0 saturated carbocycles. The van der Waals surface area contributed by atoms with Gasteiger partial charge in [-0.1, -0.05) is 0 Å². The summed E-state index contributed by atoms with van der Waals surface area (Å²) in [6, 6.07) is 6.62. The summed E-state index contributed by atoms with van der Waals surface area (Å²) in [5.74, 6) is 5.67. The van der Waals surface area contributed by atoms with Crippen molar-refractivity contribution in [1.29, 1.82) is 0 Å². The Morgan fingerprint density at radius 2 is 2.07 bits per heavy atom. The number of benzene rings is 1. The molecule has 2 N–H and O–H groups in total. The molecule has 0 aliphatic carbocycles. The van der Waals surface area contributed by atoms with Crippen molar-refractivity contribution in [2.24, 2.45) is 10.8 Å². The summed E-state index contributed by atoms with van der Waals surface area (Å²) in [4.78, 5) is 11.7. The molecule has 0 fully saturated rings. The van der Waals surface area contributed by atoms with E-state index in [1.165, 1.54) is 3.58 Å². The molecule has 0 radical (unpaired) electrons. The molecule has 0 atom stereocenters. The van der Waals surface area contributed by atoms with Crippen LogP contribution >= 0.6 is 0 Å². The summed E-state index contributed by atoms with van der Waals surface area (Å²) in [7, 11) is 0. The van der Waals surface area contributed by atoms with E-state index in [9.17, 15) is 0 Å². The van der Waals surface area contributed by atoms with E-state index in [0.29, 0.717) is 6.67 Å². The van der Waals surface area contributed by atoms with Gasteiger partial charge in [-0.15, -0.1) is 0 Å². The van der Waals surface area contributed by atoms with Crippen LogP contribution < -0.4 is 20.0 Å². The molecule has 15 heavy (non-hydrogen) atoms. The molecule has 1 aliphatic heterocycles. The van der Waals surface area contributed by atoms with E-state index in [-0.39, 0.29) is 0 Å². The molecule has 1 aromatic carbocycles. The van der Waals surface area contributed by atoms with Crippen LogP contribution in [0.5, 0.6) is 0 Å². The first-order valence-electron chi connectivity index (χ1n) is 5.15. The van der Waals surface area contributed by atoms with Crippen LogP contribution in [0, 0.1) is 0 Å². The number of rotatable bonds is 1. The molecule has 0 spiro atoms. The van der Waals surface area contributed by atoms with Crippen LogP contribution in [0.1, 0.15) is 0 Å². The fourth-order valence-electron chi connectivity index (χ4n) is 1.63. The topological polar surface area (TPSA) is 41.6 Å². The first kappa shape index (κ1) is 10.9. The van der Waals surface area contributed by atoms with Gasteiger partial charge in [-0.05, 0) is 0 Å². The fraction of sp³-hybridized carbons (Fsp3) is 0.364. The van der Waals surface area contributed by atoms with Crippen molar-refractivity contribution in [3.63, 3.8) is 0 Å². The number of nitrogens with zero attached hydrogens (tertiary/aromatic N) is 2. The van der Waals surface area contributed by atoms with Crippen molar-refractivity contribution < 1.29 is 0 Å². The summed E-state index contributed by atoms with van der Waals surface area (Å²) < 4.78 is 1.52. The van der Waals surface area contributed by atoms with Crippen molar-refractivity contribution >= 4 is 28.2 Å². The molecule has 1 aliphatic rings. The number of nitrogens with two attached hydrogens (primary N) is 1. The van der Waals surface area contributed by atoms with Gasteiger partial charge in [0.15, 0.2) is 0 Å². The zero-order valence-corrected chi connectivity index (χ0v) is 12.3. The van der Waals surface area contributed by atoms with Crippen molar-refractivity contribution in [3.05, 3.63) is 28.8 Å². The second-order valence-electron chi connectivity index (χ2n) is 4.97. The average molecular weight is 310 g/mol. The molecule has 0 unspecified atom stereocenters. The predicted octanol–water partition coefficient (Wildman–Crippen LogP) is -0.264. The zero-order valence-electron chi connectivity index (χ0n) is 9.49. The van der Waals surface area contributed by atoms with Gasteiger partial charge >= 0.3 is 94.3 Å². The molecule has 1 heterocycles. The van der Waals surface area contributed by atoms with Gasteiger partial charge < -0.3 is 0 Å². The molecule has 3 nitrogen and oxygen atoms in total. The van der Waals surface area contributed by atoms with Crippen molar-refractivity contribution in [3.8, 4) is 0 Å². The predicted molar refractivity (Wildman–Crippen MR) is 65.6 cm³/mol. The Labute approximate surface area is 94.1 Å². The van der Waals surface area contributed by atoms with E-state index >= 15 is 0 Å². The summed E-state index contributed by atoms with van der Waals surface area (Å²) in [5.41, 5.74) is 0. The molecule has 0 amide bonds. The monoisotopic (exact) mass is 311 g/mol. The standard InChI is InChI=1S/C8H8N3.3CH3.Sn/c9-11-5-7-3-1-2-4-8(7)10-6-11;;;;/h1,3-5H,6,9H2;3*1H3;. The Kier molecular flexibility index (Phi) is 2.77. The van der Waals surface area contributed by atoms with Gasteiger partial charge in [0, 0.05) is 0 Å². The van der Waals surface area contributed by atoms with E-state index in [2.05, 4.69) is 38.0 Å². The third-order valence-corrected chi connectivity index (χ3v) is 8.44. The third kappa shape index (κ3) is 2.34. The molecule has 0 saturated heterocycles. The number of fused-ring (bicyclic) bond motifs is 1. The quantitative estimate of drug-likeness (QED) is 0.573. The van der Waals surface area contributed by atoms with Gasteiger partial charge in [0.25, 0.3) is 0 Å². The SMILES string of the molecule is [CH3][Sn]([CH3])([CH3])[c]1ccc2c(c1)=NCN(N)C=2. The van der Waals surface area contributed by atoms with E-state index in [4.69, 9.17) is 5.84 Å². The van der Waals surface area contributed by atoms with Gasteiger partial charge in [0.05, 0.1) is 0 Å². The van der Waals surface area contributed by atoms with Crippen LogP contribution in [0.3, 0.4) is 0 Å². The molecule has 0 aromatic heterocycles. The van der Waals surface area contributed by atoms with Crippen LogP contribution in [0.15, 0.2) is 23.2 Å². The van der Waals surface area contributed by atoms with Crippen molar-refractivity contribution in [2.75, 3.05) is 6.67 Å². The second-order valence-corrected chi connectivity index (χ2v) is 19.5. The second kappa shape index (κ2) is 3.79. The molecule has 80 valence electrons. The van der Waals surface area contributed by atoms with E-state index < -0.39 is 18.4 Å².